The number of carbonyl (C=O) groups excluding carboxylic acids is 4. The van der Waals surface area contributed by atoms with Crippen molar-refractivity contribution in [1.82, 2.24) is 9.80 Å². The van der Waals surface area contributed by atoms with Gasteiger partial charge in [0.1, 0.15) is 11.5 Å². The Kier molecular flexibility index (Phi) is 6.05. The minimum Gasteiger partial charge on any atom is -0.497 e. The molecule has 2 fully saturated rings. The molecule has 2 heterocycles. The summed E-state index contributed by atoms with van der Waals surface area (Å²) in [4.78, 5) is 53.5. The summed E-state index contributed by atoms with van der Waals surface area (Å²) in [5, 5.41) is 0. The third-order valence-electron chi connectivity index (χ3n) is 6.21. The maximum atomic E-state index is 13.2. The Balaban J connectivity index is 1.87. The first-order valence-corrected chi connectivity index (χ1v) is 10.1. The van der Waals surface area contributed by atoms with Crippen molar-refractivity contribution in [2.45, 2.75) is 44.4 Å². The van der Waals surface area contributed by atoms with Crippen LogP contribution in [0.15, 0.2) is 24.3 Å². The fourth-order valence-corrected chi connectivity index (χ4v) is 4.39. The minimum atomic E-state index is -1.21. The highest BCUT2D eigenvalue weighted by Crippen LogP contribution is 2.40. The highest BCUT2D eigenvalue weighted by molar-refractivity contribution is 6.10. The normalized spacial score (nSPS) is 24.7. The number of imide groups is 1. The van der Waals surface area contributed by atoms with Gasteiger partial charge in [0.05, 0.1) is 12.5 Å². The van der Waals surface area contributed by atoms with Gasteiger partial charge in [-0.25, -0.2) is 0 Å². The predicted molar refractivity (Wildman–Crippen MR) is 106 cm³/mol. The second kappa shape index (κ2) is 8.35. The molecule has 2 aliphatic rings. The van der Waals surface area contributed by atoms with Crippen molar-refractivity contribution < 1.29 is 23.9 Å². The van der Waals surface area contributed by atoms with Crippen LogP contribution < -0.4 is 4.74 Å². The molecule has 29 heavy (non-hydrogen) atoms. The molecule has 3 amide bonds. The molecule has 2 aliphatic heterocycles. The van der Waals surface area contributed by atoms with Gasteiger partial charge in [0.2, 0.25) is 17.7 Å². The molecule has 0 bridgehead atoms. The van der Waals surface area contributed by atoms with Gasteiger partial charge in [-0.1, -0.05) is 19.1 Å². The molecule has 0 aromatic heterocycles. The number of ether oxygens (including phenoxy) is 1. The maximum Gasteiger partial charge on any atom is 0.240 e. The van der Waals surface area contributed by atoms with Crippen molar-refractivity contribution in [2.24, 2.45) is 5.92 Å². The number of benzene rings is 1. The van der Waals surface area contributed by atoms with Gasteiger partial charge < -0.3 is 9.64 Å². The summed E-state index contributed by atoms with van der Waals surface area (Å²) in [5.74, 6) is -0.184. The highest BCUT2D eigenvalue weighted by atomic mass is 16.5. The van der Waals surface area contributed by atoms with E-state index in [1.54, 1.807) is 36.3 Å². The van der Waals surface area contributed by atoms with Gasteiger partial charge in [-0.15, -0.1) is 0 Å². The average Bonchev–Trinajstić information content (AvgIpc) is 2.97. The fraction of sp³-hybridized carbons (Fsp3) is 0.545. The summed E-state index contributed by atoms with van der Waals surface area (Å²) in [7, 11) is 3.01. The van der Waals surface area contributed by atoms with E-state index in [1.165, 1.54) is 7.05 Å². The molecule has 0 saturated carbocycles. The average molecular weight is 400 g/mol. The molecule has 156 valence electrons. The molecule has 0 spiro atoms. The highest BCUT2D eigenvalue weighted by Gasteiger charge is 2.53. The number of nitrogens with zero attached hydrogens (tertiary/aromatic N) is 2. The van der Waals surface area contributed by atoms with Gasteiger partial charge in [0.15, 0.2) is 0 Å². The molecular formula is C22H28N2O5. The van der Waals surface area contributed by atoms with Crippen molar-refractivity contribution in [1.29, 1.82) is 0 Å². The Hall–Kier alpha value is -2.70. The third-order valence-corrected chi connectivity index (χ3v) is 6.21. The number of methoxy groups -OCH3 is 1. The minimum absolute atomic E-state index is 0.0361. The van der Waals surface area contributed by atoms with Crippen LogP contribution in [0.5, 0.6) is 5.75 Å². The van der Waals surface area contributed by atoms with Crippen LogP contribution in [0.4, 0.5) is 0 Å². The Labute approximate surface area is 171 Å². The van der Waals surface area contributed by atoms with E-state index in [4.69, 9.17) is 4.74 Å². The van der Waals surface area contributed by atoms with Crippen molar-refractivity contribution in [3.63, 3.8) is 0 Å². The zero-order chi connectivity index (χ0) is 21.2. The smallest absolute Gasteiger partial charge is 0.240 e. The summed E-state index contributed by atoms with van der Waals surface area (Å²) in [6.45, 7) is 2.80. The molecular weight excluding hydrogens is 372 g/mol. The Morgan fingerprint density at radius 2 is 1.90 bits per heavy atom. The Bertz CT molecular complexity index is 819. The largest absolute Gasteiger partial charge is 0.497 e. The number of hydrogen-bond acceptors (Lipinski definition) is 5. The third kappa shape index (κ3) is 3.91. The zero-order valence-corrected chi connectivity index (χ0v) is 17.3. The molecule has 1 aromatic carbocycles. The Morgan fingerprint density at radius 1 is 1.21 bits per heavy atom. The van der Waals surface area contributed by atoms with Crippen LogP contribution in [0.2, 0.25) is 0 Å². The van der Waals surface area contributed by atoms with Crippen molar-refractivity contribution in [2.75, 3.05) is 27.2 Å². The van der Waals surface area contributed by atoms with Crippen LogP contribution in [-0.4, -0.2) is 60.6 Å². The summed E-state index contributed by atoms with van der Waals surface area (Å²) in [5.41, 5.74) is -0.579. The summed E-state index contributed by atoms with van der Waals surface area (Å²) in [6.07, 6.45) is 1.90. The number of Topliss-reactive ketones (excluding diaryl/α,β-unsaturated/α-hetero) is 1. The lowest BCUT2D eigenvalue weighted by molar-refractivity contribution is -0.142. The quantitative estimate of drug-likeness (QED) is 0.682. The first-order valence-electron chi connectivity index (χ1n) is 10.1. The Morgan fingerprint density at radius 3 is 2.45 bits per heavy atom. The van der Waals surface area contributed by atoms with E-state index < -0.39 is 5.41 Å². The van der Waals surface area contributed by atoms with Gasteiger partial charge >= 0.3 is 0 Å². The number of hydrogen-bond donors (Lipinski definition) is 0. The number of rotatable bonds is 6. The molecule has 0 aliphatic carbocycles. The second-order valence-electron chi connectivity index (χ2n) is 7.92. The lowest BCUT2D eigenvalue weighted by Gasteiger charge is -2.35. The van der Waals surface area contributed by atoms with E-state index >= 15 is 0 Å². The monoisotopic (exact) mass is 400 g/mol. The van der Waals surface area contributed by atoms with E-state index in [2.05, 4.69) is 0 Å². The van der Waals surface area contributed by atoms with E-state index in [9.17, 15) is 19.2 Å². The first kappa shape index (κ1) is 21.0. The van der Waals surface area contributed by atoms with Crippen molar-refractivity contribution in [3.8, 4) is 5.75 Å². The molecule has 2 saturated heterocycles. The van der Waals surface area contributed by atoms with Crippen molar-refractivity contribution in [3.05, 3.63) is 29.8 Å². The number of piperidine rings is 1. The second-order valence-corrected chi connectivity index (χ2v) is 7.92. The molecule has 2 atom stereocenters. The predicted octanol–water partition coefficient (Wildman–Crippen LogP) is 1.93. The van der Waals surface area contributed by atoms with Gasteiger partial charge in [0.25, 0.3) is 0 Å². The SMILES string of the molecule is CCC(=O)C1CCCN(C(=O)CC2(c3ccc(OC)cc3)CC(=O)N(C)C2=O)C1. The number of ketones is 1. The first-order chi connectivity index (χ1) is 13.8. The van der Waals surface area contributed by atoms with Gasteiger partial charge in [-0.05, 0) is 30.5 Å². The fourth-order valence-electron chi connectivity index (χ4n) is 4.39. The zero-order valence-electron chi connectivity index (χ0n) is 17.3. The molecule has 0 radical (unpaired) electrons. The number of carbonyl (C=O) groups is 4. The van der Waals surface area contributed by atoms with Gasteiger partial charge in [-0.2, -0.15) is 0 Å². The molecule has 7 heteroatoms. The summed E-state index contributed by atoms with van der Waals surface area (Å²) in [6, 6.07) is 6.95. The van der Waals surface area contributed by atoms with Crippen molar-refractivity contribution >= 4 is 23.5 Å². The van der Waals surface area contributed by atoms with E-state index in [-0.39, 0.29) is 42.3 Å². The number of likely N-dealkylation sites (N-methyl/N-ethyl adjacent to an activating group) is 1. The standard InChI is InChI=1S/C22H28N2O5/c1-4-18(25)15-6-5-11-24(14-15)20(27)13-22(12-19(26)23(2)21(22)28)16-7-9-17(29-3)10-8-16/h7-10,15H,4-6,11-14H2,1-3H3. The maximum absolute atomic E-state index is 13.2. The lowest BCUT2D eigenvalue weighted by atomic mass is 9.75. The van der Waals surface area contributed by atoms with Crippen LogP contribution in [-0.2, 0) is 24.6 Å². The summed E-state index contributed by atoms with van der Waals surface area (Å²) >= 11 is 0. The van der Waals surface area contributed by atoms with Gasteiger partial charge in [0, 0.05) is 45.3 Å². The topological polar surface area (TPSA) is 84.0 Å². The number of likely N-dealkylation sites (tertiary alicyclic amines) is 2. The summed E-state index contributed by atoms with van der Waals surface area (Å²) < 4.78 is 5.19. The molecule has 7 nitrogen and oxygen atoms in total. The van der Waals surface area contributed by atoms with E-state index in [0.29, 0.717) is 30.8 Å². The van der Waals surface area contributed by atoms with Crippen LogP contribution in [0.1, 0.15) is 44.6 Å². The molecule has 1 aromatic rings. The van der Waals surface area contributed by atoms with Crippen LogP contribution in [0.3, 0.4) is 0 Å². The van der Waals surface area contributed by atoms with Gasteiger partial charge in [-0.3, -0.25) is 24.1 Å². The van der Waals surface area contributed by atoms with Crippen LogP contribution >= 0.6 is 0 Å². The lowest BCUT2D eigenvalue weighted by Crippen LogP contribution is -2.46. The van der Waals surface area contributed by atoms with Crippen LogP contribution in [0.25, 0.3) is 0 Å². The number of amides is 3. The molecule has 0 N–H and O–H groups in total. The van der Waals surface area contributed by atoms with Crippen LogP contribution in [0, 0.1) is 5.92 Å². The van der Waals surface area contributed by atoms with E-state index in [1.807, 2.05) is 6.92 Å². The molecule has 2 unspecified atom stereocenters. The van der Waals surface area contributed by atoms with E-state index in [0.717, 1.165) is 17.7 Å². The molecule has 3 rings (SSSR count).